The molecule has 0 atom stereocenters. The van der Waals surface area contributed by atoms with Crippen LogP contribution in [0.1, 0.15) is 27.2 Å². The van der Waals surface area contributed by atoms with Crippen LogP contribution in [-0.4, -0.2) is 31.5 Å². The first-order chi connectivity index (χ1) is 7.06. The number of carbonyl (C=O) groups excluding carboxylic acids is 1. The van der Waals surface area contributed by atoms with Gasteiger partial charge < -0.3 is 16.4 Å². The van der Waals surface area contributed by atoms with Gasteiger partial charge in [-0.2, -0.15) is 0 Å². The average Bonchev–Trinajstić information content (AvgIpc) is 2.20. The third kappa shape index (κ3) is 9.05. The van der Waals surface area contributed by atoms with E-state index in [0.29, 0.717) is 18.4 Å². The second-order valence-electron chi connectivity index (χ2n) is 3.83. The SMILES string of the molecule is CCCNC(N)=NCC(=O)NCC(C)C. The number of rotatable bonds is 6. The topological polar surface area (TPSA) is 79.5 Å². The van der Waals surface area contributed by atoms with Gasteiger partial charge in [0.1, 0.15) is 6.54 Å². The standard InChI is InChI=1S/C10H22N4O/c1-4-5-12-10(11)14-7-9(15)13-6-8(2)3/h8H,4-7H2,1-3H3,(H,13,15)(H3,11,12,14). The van der Waals surface area contributed by atoms with Crippen LogP contribution in [0.15, 0.2) is 4.99 Å². The minimum atomic E-state index is -0.0926. The number of hydrogen-bond acceptors (Lipinski definition) is 2. The van der Waals surface area contributed by atoms with E-state index >= 15 is 0 Å². The molecule has 15 heavy (non-hydrogen) atoms. The smallest absolute Gasteiger partial charge is 0.241 e. The predicted molar refractivity (Wildman–Crippen MR) is 62.6 cm³/mol. The monoisotopic (exact) mass is 214 g/mol. The van der Waals surface area contributed by atoms with Crippen molar-refractivity contribution in [2.24, 2.45) is 16.6 Å². The maximum atomic E-state index is 11.2. The van der Waals surface area contributed by atoms with Crippen LogP contribution in [0.2, 0.25) is 0 Å². The maximum Gasteiger partial charge on any atom is 0.241 e. The van der Waals surface area contributed by atoms with Crippen molar-refractivity contribution in [3.8, 4) is 0 Å². The summed E-state index contributed by atoms with van der Waals surface area (Å²) in [6.45, 7) is 7.67. The number of amides is 1. The van der Waals surface area contributed by atoms with Crippen molar-refractivity contribution >= 4 is 11.9 Å². The molecule has 0 rings (SSSR count). The van der Waals surface area contributed by atoms with Crippen LogP contribution in [0.25, 0.3) is 0 Å². The van der Waals surface area contributed by atoms with Crippen LogP contribution >= 0.6 is 0 Å². The molecule has 0 fully saturated rings. The predicted octanol–water partition coefficient (Wildman–Crippen LogP) is 0.0729. The summed E-state index contributed by atoms with van der Waals surface area (Å²) in [7, 11) is 0. The van der Waals surface area contributed by atoms with Crippen molar-refractivity contribution in [2.75, 3.05) is 19.6 Å². The molecule has 0 saturated heterocycles. The third-order valence-corrected chi connectivity index (χ3v) is 1.66. The van der Waals surface area contributed by atoms with Gasteiger partial charge in [0.15, 0.2) is 5.96 Å². The van der Waals surface area contributed by atoms with E-state index in [2.05, 4.69) is 15.6 Å². The molecule has 0 aromatic heterocycles. The summed E-state index contributed by atoms with van der Waals surface area (Å²) in [5.41, 5.74) is 5.52. The molecule has 0 radical (unpaired) electrons. The molecule has 0 aliphatic rings. The van der Waals surface area contributed by atoms with Gasteiger partial charge in [0.05, 0.1) is 0 Å². The number of nitrogens with zero attached hydrogens (tertiary/aromatic N) is 1. The Morgan fingerprint density at radius 1 is 1.40 bits per heavy atom. The number of hydrogen-bond donors (Lipinski definition) is 3. The Bertz CT molecular complexity index is 213. The fourth-order valence-corrected chi connectivity index (χ4v) is 0.840. The van der Waals surface area contributed by atoms with E-state index in [-0.39, 0.29) is 12.5 Å². The Labute approximate surface area is 91.5 Å². The Kier molecular flexibility index (Phi) is 7.40. The van der Waals surface area contributed by atoms with Crippen LogP contribution in [0.3, 0.4) is 0 Å². The molecule has 4 N–H and O–H groups in total. The molecule has 0 saturated carbocycles. The van der Waals surface area contributed by atoms with Gasteiger partial charge in [-0.3, -0.25) is 4.79 Å². The number of carbonyl (C=O) groups is 1. The van der Waals surface area contributed by atoms with E-state index in [1.807, 2.05) is 20.8 Å². The summed E-state index contributed by atoms with van der Waals surface area (Å²) >= 11 is 0. The van der Waals surface area contributed by atoms with Crippen molar-refractivity contribution in [2.45, 2.75) is 27.2 Å². The van der Waals surface area contributed by atoms with Crippen molar-refractivity contribution in [1.82, 2.24) is 10.6 Å². The average molecular weight is 214 g/mol. The molecule has 88 valence electrons. The lowest BCUT2D eigenvalue weighted by molar-refractivity contribution is -0.119. The third-order valence-electron chi connectivity index (χ3n) is 1.66. The van der Waals surface area contributed by atoms with Gasteiger partial charge in [-0.15, -0.1) is 0 Å². The highest BCUT2D eigenvalue weighted by Crippen LogP contribution is 1.86. The number of nitrogens with one attached hydrogen (secondary N) is 2. The number of guanidine groups is 1. The van der Waals surface area contributed by atoms with Gasteiger partial charge in [0.2, 0.25) is 5.91 Å². The van der Waals surface area contributed by atoms with Gasteiger partial charge in [0.25, 0.3) is 0 Å². The molecule has 0 heterocycles. The summed E-state index contributed by atoms with van der Waals surface area (Å²) in [6.07, 6.45) is 0.982. The Morgan fingerprint density at radius 2 is 2.07 bits per heavy atom. The molecule has 0 aromatic rings. The summed E-state index contributed by atoms with van der Waals surface area (Å²) in [4.78, 5) is 15.1. The zero-order valence-electron chi connectivity index (χ0n) is 9.84. The molecular formula is C10H22N4O. The largest absolute Gasteiger partial charge is 0.370 e. The van der Waals surface area contributed by atoms with Crippen molar-refractivity contribution in [3.63, 3.8) is 0 Å². The lowest BCUT2D eigenvalue weighted by atomic mass is 10.2. The Balaban J connectivity index is 3.67. The number of nitrogens with two attached hydrogens (primary N) is 1. The van der Waals surface area contributed by atoms with E-state index in [9.17, 15) is 4.79 Å². The lowest BCUT2D eigenvalue weighted by Gasteiger charge is -2.06. The second-order valence-corrected chi connectivity index (χ2v) is 3.83. The molecule has 1 amide bonds. The van der Waals surface area contributed by atoms with Crippen LogP contribution in [0.5, 0.6) is 0 Å². The Morgan fingerprint density at radius 3 is 2.60 bits per heavy atom. The summed E-state index contributed by atoms with van der Waals surface area (Å²) in [5, 5.41) is 5.66. The number of aliphatic imine (C=N–C) groups is 1. The van der Waals surface area contributed by atoms with Gasteiger partial charge in [-0.1, -0.05) is 20.8 Å². The highest BCUT2D eigenvalue weighted by molar-refractivity contribution is 5.83. The van der Waals surface area contributed by atoms with Crippen molar-refractivity contribution < 1.29 is 4.79 Å². The molecule has 0 bridgehead atoms. The minimum Gasteiger partial charge on any atom is -0.370 e. The maximum absolute atomic E-state index is 11.2. The first kappa shape index (κ1) is 13.7. The fourth-order valence-electron chi connectivity index (χ4n) is 0.840. The van der Waals surface area contributed by atoms with Crippen LogP contribution in [0, 0.1) is 5.92 Å². The quantitative estimate of drug-likeness (QED) is 0.432. The molecular weight excluding hydrogens is 192 g/mol. The molecule has 5 heteroatoms. The normalized spacial score (nSPS) is 11.6. The zero-order chi connectivity index (χ0) is 11.7. The molecule has 5 nitrogen and oxygen atoms in total. The van der Waals surface area contributed by atoms with E-state index in [0.717, 1.165) is 13.0 Å². The summed E-state index contributed by atoms with van der Waals surface area (Å²) in [6, 6.07) is 0. The van der Waals surface area contributed by atoms with Crippen molar-refractivity contribution in [3.05, 3.63) is 0 Å². The lowest BCUT2D eigenvalue weighted by Crippen LogP contribution is -2.35. The molecule has 0 unspecified atom stereocenters. The van der Waals surface area contributed by atoms with E-state index < -0.39 is 0 Å². The van der Waals surface area contributed by atoms with Gasteiger partial charge in [-0.05, 0) is 12.3 Å². The first-order valence-electron chi connectivity index (χ1n) is 5.36. The second kappa shape index (κ2) is 8.08. The van der Waals surface area contributed by atoms with Crippen molar-refractivity contribution in [1.29, 1.82) is 0 Å². The van der Waals surface area contributed by atoms with E-state index in [1.54, 1.807) is 0 Å². The van der Waals surface area contributed by atoms with Gasteiger partial charge in [0, 0.05) is 13.1 Å². The molecule has 0 spiro atoms. The van der Waals surface area contributed by atoms with Gasteiger partial charge >= 0.3 is 0 Å². The summed E-state index contributed by atoms with van der Waals surface area (Å²) in [5.74, 6) is 0.690. The zero-order valence-corrected chi connectivity index (χ0v) is 9.84. The molecule has 0 aliphatic heterocycles. The highest BCUT2D eigenvalue weighted by atomic mass is 16.1. The summed E-state index contributed by atoms with van der Waals surface area (Å²) < 4.78 is 0. The first-order valence-corrected chi connectivity index (χ1v) is 5.36. The van der Waals surface area contributed by atoms with E-state index in [1.165, 1.54) is 0 Å². The van der Waals surface area contributed by atoms with E-state index in [4.69, 9.17) is 5.73 Å². The molecule has 0 aromatic carbocycles. The highest BCUT2D eigenvalue weighted by Gasteiger charge is 2.00. The Hall–Kier alpha value is -1.26. The van der Waals surface area contributed by atoms with Crippen LogP contribution < -0.4 is 16.4 Å². The fraction of sp³-hybridized carbons (Fsp3) is 0.800. The van der Waals surface area contributed by atoms with Crippen LogP contribution in [0.4, 0.5) is 0 Å². The molecule has 0 aliphatic carbocycles. The van der Waals surface area contributed by atoms with Crippen LogP contribution in [-0.2, 0) is 4.79 Å². The minimum absolute atomic E-state index is 0.0925. The van der Waals surface area contributed by atoms with Gasteiger partial charge in [-0.25, -0.2) is 4.99 Å².